The van der Waals surface area contributed by atoms with Crippen molar-refractivity contribution >= 4 is 22.8 Å². The van der Waals surface area contributed by atoms with E-state index in [1.807, 2.05) is 13.8 Å². The molecule has 1 aromatic carbocycles. The highest BCUT2D eigenvalue weighted by Gasteiger charge is 2.33. The first-order chi connectivity index (χ1) is 7.83. The first kappa shape index (κ1) is 12.4. The molecule has 5 heteroatoms. The normalized spacial score (nSPS) is 17.9. The highest BCUT2D eigenvalue weighted by Crippen LogP contribution is 2.37. The molecule has 92 valence electrons. The molecule has 0 bridgehead atoms. The SMILES string of the molecule is CC1(C)Nc2c(F)ccc(C(F)F)c2CC1=S. The summed E-state index contributed by atoms with van der Waals surface area (Å²) in [6.07, 6.45) is -2.41. The molecular weight excluding hydrogens is 247 g/mol. The van der Waals surface area contributed by atoms with Crippen molar-refractivity contribution in [3.05, 3.63) is 29.1 Å². The summed E-state index contributed by atoms with van der Waals surface area (Å²) < 4.78 is 39.3. The summed E-state index contributed by atoms with van der Waals surface area (Å²) in [4.78, 5) is 0.609. The van der Waals surface area contributed by atoms with Gasteiger partial charge in [0.1, 0.15) is 5.82 Å². The minimum atomic E-state index is -2.62. The monoisotopic (exact) mass is 259 g/mol. The molecule has 0 saturated heterocycles. The average Bonchev–Trinajstić information content (AvgIpc) is 2.21. The van der Waals surface area contributed by atoms with Crippen molar-refractivity contribution < 1.29 is 13.2 Å². The molecular formula is C12H12F3NS. The highest BCUT2D eigenvalue weighted by molar-refractivity contribution is 7.80. The molecule has 17 heavy (non-hydrogen) atoms. The van der Waals surface area contributed by atoms with Crippen LogP contribution in [0, 0.1) is 5.82 Å². The molecule has 0 unspecified atom stereocenters. The van der Waals surface area contributed by atoms with Crippen LogP contribution in [-0.4, -0.2) is 10.4 Å². The van der Waals surface area contributed by atoms with Gasteiger partial charge in [0.25, 0.3) is 6.43 Å². The average molecular weight is 259 g/mol. The summed E-state index contributed by atoms with van der Waals surface area (Å²) in [5.74, 6) is -0.514. The zero-order valence-electron chi connectivity index (χ0n) is 9.48. The number of thiocarbonyl (C=S) groups is 1. The Morgan fingerprint density at radius 1 is 1.35 bits per heavy atom. The van der Waals surface area contributed by atoms with E-state index >= 15 is 0 Å². The quantitative estimate of drug-likeness (QED) is 0.768. The Hall–Kier alpha value is -1.10. The predicted octanol–water partition coefficient (Wildman–Crippen LogP) is 3.88. The van der Waals surface area contributed by atoms with Crippen LogP contribution in [0.5, 0.6) is 0 Å². The van der Waals surface area contributed by atoms with Gasteiger partial charge >= 0.3 is 0 Å². The zero-order chi connectivity index (χ0) is 12.8. The third kappa shape index (κ3) is 2.04. The molecule has 0 aliphatic carbocycles. The number of benzene rings is 1. The van der Waals surface area contributed by atoms with E-state index in [4.69, 9.17) is 12.2 Å². The summed E-state index contributed by atoms with van der Waals surface area (Å²) in [5.41, 5.74) is -0.262. The van der Waals surface area contributed by atoms with Crippen molar-refractivity contribution in [3.8, 4) is 0 Å². The second kappa shape index (κ2) is 3.98. The topological polar surface area (TPSA) is 12.0 Å². The zero-order valence-corrected chi connectivity index (χ0v) is 10.3. The molecule has 0 amide bonds. The van der Waals surface area contributed by atoms with Crippen LogP contribution in [0.2, 0.25) is 0 Å². The van der Waals surface area contributed by atoms with Crippen molar-refractivity contribution in [2.45, 2.75) is 32.2 Å². The Bertz CT molecular complexity index is 483. The Balaban J connectivity index is 2.59. The molecule has 1 aliphatic rings. The van der Waals surface area contributed by atoms with Gasteiger partial charge in [-0.25, -0.2) is 13.2 Å². The van der Waals surface area contributed by atoms with Crippen LogP contribution < -0.4 is 5.32 Å². The molecule has 0 saturated carbocycles. The fourth-order valence-corrected chi connectivity index (χ4v) is 2.12. The summed E-state index contributed by atoms with van der Waals surface area (Å²) in [7, 11) is 0. The van der Waals surface area contributed by atoms with Gasteiger partial charge in [-0.15, -0.1) is 0 Å². The van der Waals surface area contributed by atoms with E-state index in [9.17, 15) is 13.2 Å². The Morgan fingerprint density at radius 2 is 2.00 bits per heavy atom. The van der Waals surface area contributed by atoms with Gasteiger partial charge < -0.3 is 5.32 Å². The molecule has 1 heterocycles. The summed E-state index contributed by atoms with van der Waals surface area (Å²) in [5, 5.41) is 2.90. The van der Waals surface area contributed by atoms with E-state index < -0.39 is 17.8 Å². The molecule has 0 fully saturated rings. The van der Waals surface area contributed by atoms with Gasteiger partial charge in [-0.3, -0.25) is 0 Å². The molecule has 2 rings (SSSR count). The van der Waals surface area contributed by atoms with Gasteiger partial charge in [-0.2, -0.15) is 0 Å². The third-order valence-corrected chi connectivity index (χ3v) is 3.66. The molecule has 0 atom stereocenters. The molecule has 1 N–H and O–H groups in total. The smallest absolute Gasteiger partial charge is 0.264 e. The van der Waals surface area contributed by atoms with Gasteiger partial charge in [0, 0.05) is 16.8 Å². The van der Waals surface area contributed by atoms with Crippen molar-refractivity contribution in [3.63, 3.8) is 0 Å². The standard InChI is InChI=1S/C12H12F3NS/c1-12(2)9(17)5-7-6(11(14)15)3-4-8(13)10(7)16-12/h3-4,11,16H,5H2,1-2H3. The Morgan fingerprint density at radius 3 is 2.59 bits per heavy atom. The minimum Gasteiger partial charge on any atom is -0.373 e. The largest absolute Gasteiger partial charge is 0.373 e. The van der Waals surface area contributed by atoms with Crippen LogP contribution >= 0.6 is 12.2 Å². The van der Waals surface area contributed by atoms with Gasteiger partial charge in [0.15, 0.2) is 0 Å². The lowest BCUT2D eigenvalue weighted by atomic mass is 9.87. The van der Waals surface area contributed by atoms with E-state index in [0.29, 0.717) is 4.86 Å². The van der Waals surface area contributed by atoms with Crippen molar-refractivity contribution in [1.82, 2.24) is 0 Å². The van der Waals surface area contributed by atoms with E-state index in [1.165, 1.54) is 0 Å². The fraction of sp³-hybridized carbons (Fsp3) is 0.417. The summed E-state index contributed by atoms with van der Waals surface area (Å²) in [6.45, 7) is 3.62. The number of nitrogens with one attached hydrogen (secondary N) is 1. The molecule has 1 aromatic rings. The maximum atomic E-state index is 13.6. The van der Waals surface area contributed by atoms with Crippen molar-refractivity contribution in [2.24, 2.45) is 0 Å². The maximum absolute atomic E-state index is 13.6. The number of halogens is 3. The number of alkyl halides is 2. The van der Waals surface area contributed by atoms with Crippen LogP contribution in [0.3, 0.4) is 0 Å². The number of hydrogen-bond donors (Lipinski definition) is 1. The lowest BCUT2D eigenvalue weighted by Gasteiger charge is -2.35. The number of rotatable bonds is 1. The lowest BCUT2D eigenvalue weighted by Crippen LogP contribution is -2.44. The van der Waals surface area contributed by atoms with Crippen LogP contribution in [0.4, 0.5) is 18.9 Å². The second-order valence-electron chi connectivity index (χ2n) is 4.64. The fourth-order valence-electron chi connectivity index (χ4n) is 1.93. The number of hydrogen-bond acceptors (Lipinski definition) is 2. The predicted molar refractivity (Wildman–Crippen MR) is 65.4 cm³/mol. The van der Waals surface area contributed by atoms with Crippen LogP contribution in [-0.2, 0) is 6.42 Å². The maximum Gasteiger partial charge on any atom is 0.264 e. The van der Waals surface area contributed by atoms with E-state index in [1.54, 1.807) is 0 Å². The van der Waals surface area contributed by atoms with Gasteiger partial charge in [-0.1, -0.05) is 18.3 Å². The van der Waals surface area contributed by atoms with Crippen LogP contribution in [0.1, 0.15) is 31.4 Å². The highest BCUT2D eigenvalue weighted by atomic mass is 32.1. The van der Waals surface area contributed by atoms with Gasteiger partial charge in [0.2, 0.25) is 0 Å². The Labute approximate surface area is 103 Å². The second-order valence-corrected chi connectivity index (χ2v) is 5.13. The van der Waals surface area contributed by atoms with Crippen molar-refractivity contribution in [1.29, 1.82) is 0 Å². The summed E-state index contributed by atoms with van der Waals surface area (Å²) in [6, 6.07) is 2.19. The van der Waals surface area contributed by atoms with Crippen LogP contribution in [0.15, 0.2) is 12.1 Å². The molecule has 1 nitrogen and oxygen atoms in total. The Kier molecular flexibility index (Phi) is 2.89. The van der Waals surface area contributed by atoms with Gasteiger partial charge in [-0.05, 0) is 25.5 Å². The molecule has 0 aromatic heterocycles. The first-order valence-corrected chi connectivity index (χ1v) is 5.64. The summed E-state index contributed by atoms with van der Waals surface area (Å²) >= 11 is 5.18. The third-order valence-electron chi connectivity index (χ3n) is 3.01. The lowest BCUT2D eigenvalue weighted by molar-refractivity contribution is 0.150. The molecule has 0 radical (unpaired) electrons. The van der Waals surface area contributed by atoms with E-state index in [0.717, 1.165) is 12.1 Å². The van der Waals surface area contributed by atoms with Crippen molar-refractivity contribution in [2.75, 3.05) is 5.32 Å². The van der Waals surface area contributed by atoms with E-state index in [2.05, 4.69) is 5.32 Å². The number of anilines is 1. The molecule has 1 aliphatic heterocycles. The van der Waals surface area contributed by atoms with Crippen LogP contribution in [0.25, 0.3) is 0 Å². The minimum absolute atomic E-state index is 0.147. The first-order valence-electron chi connectivity index (χ1n) is 5.24. The molecule has 0 spiro atoms. The van der Waals surface area contributed by atoms with Gasteiger partial charge in [0.05, 0.1) is 11.2 Å². The number of fused-ring (bicyclic) bond motifs is 1. The van der Waals surface area contributed by atoms with E-state index in [-0.39, 0.29) is 23.2 Å².